The summed E-state index contributed by atoms with van der Waals surface area (Å²) >= 11 is 2.45. The van der Waals surface area contributed by atoms with Crippen LogP contribution in [0.25, 0.3) is 0 Å². The average molecular weight is 814 g/mol. The van der Waals surface area contributed by atoms with Gasteiger partial charge in [-0.25, -0.2) is 4.79 Å². The molecule has 0 saturated heterocycles. The van der Waals surface area contributed by atoms with Crippen molar-refractivity contribution in [1.29, 1.82) is 0 Å². The molecule has 293 valence electrons. The van der Waals surface area contributed by atoms with Crippen LogP contribution in [0.2, 0.25) is 5.32 Å². The van der Waals surface area contributed by atoms with Gasteiger partial charge >= 0.3 is 255 Å². The van der Waals surface area contributed by atoms with Gasteiger partial charge in [-0.2, -0.15) is 0 Å². The third kappa shape index (κ3) is 17.3. The Morgan fingerprint density at radius 3 is 1.54 bits per heavy atom. The molecule has 8 atom stereocenters. The average Bonchev–Trinajstić information content (AvgIpc) is 3.06. The summed E-state index contributed by atoms with van der Waals surface area (Å²) in [6, 6.07) is -11.4. The molecule has 0 bridgehead atoms. The van der Waals surface area contributed by atoms with Crippen LogP contribution in [0, 0.1) is 0 Å². The summed E-state index contributed by atoms with van der Waals surface area (Å²) in [5.74, 6) is -11.6. The van der Waals surface area contributed by atoms with Crippen molar-refractivity contribution in [2.75, 3.05) is 19.8 Å². The molecule has 0 heterocycles. The first-order valence-corrected chi connectivity index (χ1v) is 16.4. The third-order valence-corrected chi connectivity index (χ3v) is 7.35. The van der Waals surface area contributed by atoms with E-state index in [0.29, 0.717) is 0 Å². The predicted octanol–water partition coefficient (Wildman–Crippen LogP) is -8.86. The number of aliphatic hydroxyl groups excluding tert-OH is 3. The van der Waals surface area contributed by atoms with Crippen molar-refractivity contribution in [2.24, 2.45) is 11.5 Å². The third-order valence-electron chi connectivity index (χ3n) is 6.65. The fraction of sp³-hybridized carbons (Fsp3) is 0.630. The van der Waals surface area contributed by atoms with Gasteiger partial charge in [0, 0.05) is 0 Å². The Hall–Kier alpha value is -4.94. The second-order valence-electron chi connectivity index (χ2n) is 11.1. The molecule has 24 nitrogen and oxygen atoms in total. The van der Waals surface area contributed by atoms with Crippen LogP contribution in [0.4, 0.5) is 0 Å². The van der Waals surface area contributed by atoms with Gasteiger partial charge in [-0.1, -0.05) is 0 Å². The zero-order valence-corrected chi connectivity index (χ0v) is 29.7. The van der Waals surface area contributed by atoms with Crippen molar-refractivity contribution < 1.29 is 73.5 Å². The van der Waals surface area contributed by atoms with Gasteiger partial charge in [-0.3, -0.25) is 9.59 Å². The molecular weight excluding hydrogens is 769 g/mol. The van der Waals surface area contributed by atoms with Gasteiger partial charge in [0.25, 0.3) is 0 Å². The molecule has 8 amide bonds. The summed E-state index contributed by atoms with van der Waals surface area (Å²) in [6.07, 6.45) is -3.48. The van der Waals surface area contributed by atoms with Crippen LogP contribution in [0.15, 0.2) is 0 Å². The maximum atomic E-state index is 13.0. The predicted molar refractivity (Wildman–Crippen MR) is 173 cm³/mol. The van der Waals surface area contributed by atoms with Crippen LogP contribution < -0.4 is 48.7 Å². The van der Waals surface area contributed by atoms with Crippen LogP contribution in [0.5, 0.6) is 0 Å². The minimum absolute atomic E-state index is 0.285. The molecule has 0 spiro atoms. The Labute approximate surface area is 303 Å². The van der Waals surface area contributed by atoms with Gasteiger partial charge in [0.05, 0.1) is 6.04 Å². The van der Waals surface area contributed by atoms with E-state index in [2.05, 4.69) is 42.6 Å². The topological polar surface area (TPSA) is 408 Å². The van der Waals surface area contributed by atoms with Crippen LogP contribution in [0.1, 0.15) is 33.1 Å². The second-order valence-corrected chi connectivity index (χ2v) is 11.8. The number of amides is 8. The van der Waals surface area contributed by atoms with Crippen molar-refractivity contribution in [2.45, 2.75) is 86.8 Å². The van der Waals surface area contributed by atoms with Crippen molar-refractivity contribution in [1.82, 2.24) is 37.2 Å². The monoisotopic (exact) mass is 814 g/mol. The molecule has 0 aliphatic heterocycles. The molecule has 0 saturated carbocycles. The van der Waals surface area contributed by atoms with E-state index in [1.807, 2.05) is 10.6 Å². The number of carboxylic acid groups (broad SMARTS) is 2. The minimum atomic E-state index is -1.94. The number of aliphatic hydroxyl groups is 3. The number of carbonyl (C=O) groups is 10. The van der Waals surface area contributed by atoms with Gasteiger partial charge in [0.15, 0.2) is 0 Å². The molecule has 25 heteroatoms. The number of carbonyl (C=O) groups excluding carboxylic acids is 8. The van der Waals surface area contributed by atoms with Crippen molar-refractivity contribution >= 4 is 75.2 Å². The Balaban J connectivity index is 5.65. The van der Waals surface area contributed by atoms with Crippen molar-refractivity contribution in [3.63, 3.8) is 0 Å². The van der Waals surface area contributed by atoms with E-state index < -0.39 is 140 Å². The van der Waals surface area contributed by atoms with Crippen LogP contribution in [0.3, 0.4) is 0 Å². The Kier molecular flexibility index (Phi) is 21.3. The molecule has 52 heavy (non-hydrogen) atoms. The van der Waals surface area contributed by atoms with Crippen LogP contribution in [-0.4, -0.2) is 169 Å². The van der Waals surface area contributed by atoms with Gasteiger partial charge in [-0.15, -0.1) is 0 Å². The number of carboxylic acids is 2. The molecule has 0 fully saturated rings. The number of primary amides is 1. The van der Waals surface area contributed by atoms with Crippen molar-refractivity contribution in [3.05, 3.63) is 0 Å². The van der Waals surface area contributed by atoms with E-state index >= 15 is 0 Å². The molecule has 0 unspecified atom stereocenters. The molecule has 16 N–H and O–H groups in total. The first kappa shape index (κ1) is 47.1. The second kappa shape index (κ2) is 23.5. The first-order valence-electron chi connectivity index (χ1n) is 15.2. The van der Waals surface area contributed by atoms with E-state index in [9.17, 15) is 63.3 Å². The zero-order valence-electron chi connectivity index (χ0n) is 28.0. The number of nitrogens with one attached hydrogen (secondary N) is 7. The standard InChI is InChI=1S/C27H44N9O15Se/c1-10(28)21(44)30-6-18(41)31-12(3-4-17(29)40)22(45)33-14(7-37)23(46)35-16(9-52)25(48)34-15(8-38)24(47)36-20(11(2)39)26(49)32-13(27(50)51)5-19(42)43/h10-16,20,37-39H,3-9,28H2,1-2H3,(H2,29,40)(H,30,44)(H,31,41)(H,32,49)(H,33,45)(H,34,48)(H,35,46)(H,36,47)(H,42,43)(H,50,51)/t10-,11+,12-,13-,14-,15-,16-,20-/m0/s1. The summed E-state index contributed by atoms with van der Waals surface area (Å²) in [7, 11) is 0. The molecule has 0 aromatic carbocycles. The number of aliphatic carboxylic acids is 2. The van der Waals surface area contributed by atoms with E-state index in [1.165, 1.54) is 6.92 Å². The molecular formula is C27H44N9O15Se. The molecule has 0 aliphatic carbocycles. The molecule has 0 aliphatic rings. The van der Waals surface area contributed by atoms with E-state index in [-0.39, 0.29) is 11.7 Å². The van der Waals surface area contributed by atoms with E-state index in [4.69, 9.17) is 21.7 Å². The summed E-state index contributed by atoms with van der Waals surface area (Å²) < 4.78 is 0. The van der Waals surface area contributed by atoms with Gasteiger partial charge in [-0.05, 0) is 6.92 Å². The number of rotatable bonds is 24. The summed E-state index contributed by atoms with van der Waals surface area (Å²) in [4.78, 5) is 122. The first-order chi connectivity index (χ1) is 24.2. The number of hydrogen-bond donors (Lipinski definition) is 14. The van der Waals surface area contributed by atoms with Crippen LogP contribution >= 0.6 is 0 Å². The van der Waals surface area contributed by atoms with Crippen LogP contribution in [-0.2, 0) is 47.9 Å². The normalized spacial score (nSPS) is 15.4. The summed E-state index contributed by atoms with van der Waals surface area (Å²) in [5, 5.41) is 62.0. The van der Waals surface area contributed by atoms with E-state index in [0.717, 1.165) is 6.92 Å². The molecule has 0 aromatic rings. The maximum absolute atomic E-state index is 13.0. The summed E-state index contributed by atoms with van der Waals surface area (Å²) in [5.41, 5.74) is 10.5. The van der Waals surface area contributed by atoms with Crippen molar-refractivity contribution in [3.8, 4) is 0 Å². The fourth-order valence-electron chi connectivity index (χ4n) is 3.81. The van der Waals surface area contributed by atoms with E-state index in [1.54, 1.807) is 0 Å². The zero-order chi connectivity index (χ0) is 40.3. The van der Waals surface area contributed by atoms with Gasteiger partial charge < -0.3 is 15.9 Å². The fourth-order valence-corrected chi connectivity index (χ4v) is 4.30. The summed E-state index contributed by atoms with van der Waals surface area (Å²) in [6.45, 7) is -0.364. The Morgan fingerprint density at radius 1 is 0.654 bits per heavy atom. The Bertz CT molecular complexity index is 1330. The number of hydrogen-bond acceptors (Lipinski definition) is 14. The van der Waals surface area contributed by atoms with Gasteiger partial charge in [0.1, 0.15) is 0 Å². The molecule has 1 radical (unpaired) electrons. The molecule has 0 rings (SSSR count). The SMILES string of the molecule is C[C@H](N)C(=O)NCC(=O)N[C@@H](CCC(N)=O)C(=O)N[C@@H](CO)C(=O)N[C@@H](C[Se])C(=O)N[C@@H](CO)C(=O)N[C@H](C(=O)N[C@@H](CC(=O)O)C(=O)O)[C@@H](C)O. The quantitative estimate of drug-likeness (QED) is 0.0402. The van der Waals surface area contributed by atoms with Gasteiger partial charge in [0.2, 0.25) is 5.91 Å². The molecule has 0 aromatic heterocycles. The Morgan fingerprint density at radius 2 is 1.12 bits per heavy atom. The number of nitrogens with two attached hydrogens (primary N) is 2.